The van der Waals surface area contributed by atoms with Gasteiger partial charge in [-0.05, 0) is 25.5 Å². The maximum absolute atomic E-state index is 5.57. The summed E-state index contributed by atoms with van der Waals surface area (Å²) in [7, 11) is 0. The van der Waals surface area contributed by atoms with Crippen LogP contribution in [0.5, 0.6) is 0 Å². The van der Waals surface area contributed by atoms with Crippen molar-refractivity contribution in [2.24, 2.45) is 0 Å². The molecule has 0 radical (unpaired) electrons. The fourth-order valence-corrected chi connectivity index (χ4v) is 3.62. The number of pyridine rings is 1. The standard InChI is InChI=1S/C16H20N6OS/c1-11-9-22-16(19-11)24-15(20-22)18-8-13-3-4-14(17-7-13)21-5-6-23-12(2)10-21/h3-4,7,9,12H,5-6,8,10H2,1-2H3,(H,18,20)/t12-/m0/s1. The average Bonchev–Trinajstić information content (AvgIpc) is 3.10. The van der Waals surface area contributed by atoms with Crippen LogP contribution in [-0.2, 0) is 11.3 Å². The Hall–Kier alpha value is -2.19. The normalized spacial score (nSPS) is 18.2. The van der Waals surface area contributed by atoms with Gasteiger partial charge >= 0.3 is 0 Å². The van der Waals surface area contributed by atoms with Gasteiger partial charge in [0, 0.05) is 25.8 Å². The number of hydrogen-bond donors (Lipinski definition) is 1. The second-order valence-electron chi connectivity index (χ2n) is 6.02. The van der Waals surface area contributed by atoms with Crippen LogP contribution in [0.1, 0.15) is 18.2 Å². The maximum atomic E-state index is 5.57. The fourth-order valence-electron chi connectivity index (χ4n) is 2.79. The smallest absolute Gasteiger partial charge is 0.214 e. The molecule has 7 nitrogen and oxygen atoms in total. The summed E-state index contributed by atoms with van der Waals surface area (Å²) in [5.41, 5.74) is 2.11. The number of aryl methyl sites for hydroxylation is 1. The molecule has 1 saturated heterocycles. The lowest BCUT2D eigenvalue weighted by molar-refractivity contribution is 0.0529. The minimum Gasteiger partial charge on any atom is -0.375 e. The molecule has 0 bridgehead atoms. The lowest BCUT2D eigenvalue weighted by Crippen LogP contribution is -2.41. The molecule has 24 heavy (non-hydrogen) atoms. The van der Waals surface area contributed by atoms with Gasteiger partial charge < -0.3 is 15.0 Å². The van der Waals surface area contributed by atoms with Gasteiger partial charge in [-0.15, -0.1) is 5.10 Å². The Kier molecular flexibility index (Phi) is 4.07. The third-order valence-electron chi connectivity index (χ3n) is 3.98. The zero-order valence-electron chi connectivity index (χ0n) is 13.8. The van der Waals surface area contributed by atoms with Crippen molar-refractivity contribution in [3.8, 4) is 0 Å². The minimum atomic E-state index is 0.259. The van der Waals surface area contributed by atoms with E-state index in [1.807, 2.05) is 23.8 Å². The molecule has 1 fully saturated rings. The number of nitrogens with one attached hydrogen (secondary N) is 1. The first-order valence-electron chi connectivity index (χ1n) is 8.05. The van der Waals surface area contributed by atoms with Gasteiger partial charge in [-0.3, -0.25) is 0 Å². The largest absolute Gasteiger partial charge is 0.375 e. The number of hydrogen-bond acceptors (Lipinski definition) is 7. The summed E-state index contributed by atoms with van der Waals surface area (Å²) in [6, 6.07) is 4.19. The number of ether oxygens (including phenoxy) is 1. The molecule has 0 unspecified atom stereocenters. The average molecular weight is 344 g/mol. The van der Waals surface area contributed by atoms with Crippen molar-refractivity contribution in [2.75, 3.05) is 29.9 Å². The summed E-state index contributed by atoms with van der Waals surface area (Å²) in [5.74, 6) is 1.01. The molecule has 8 heteroatoms. The van der Waals surface area contributed by atoms with E-state index in [0.29, 0.717) is 6.54 Å². The van der Waals surface area contributed by atoms with Crippen LogP contribution in [0.15, 0.2) is 24.5 Å². The highest BCUT2D eigenvalue weighted by Gasteiger charge is 2.17. The Morgan fingerprint density at radius 2 is 2.33 bits per heavy atom. The first-order chi connectivity index (χ1) is 11.7. The van der Waals surface area contributed by atoms with Crippen LogP contribution in [0.2, 0.25) is 0 Å². The van der Waals surface area contributed by atoms with Crippen LogP contribution in [-0.4, -0.2) is 45.4 Å². The number of morpholine rings is 1. The predicted octanol–water partition coefficient (Wildman–Crippen LogP) is 2.33. The number of rotatable bonds is 4. The molecule has 0 aliphatic carbocycles. The Morgan fingerprint density at radius 1 is 1.42 bits per heavy atom. The Balaban J connectivity index is 1.38. The monoisotopic (exact) mass is 344 g/mol. The van der Waals surface area contributed by atoms with Gasteiger partial charge in [-0.25, -0.2) is 14.5 Å². The first-order valence-corrected chi connectivity index (χ1v) is 8.87. The molecule has 0 spiro atoms. The van der Waals surface area contributed by atoms with Crippen LogP contribution in [0.25, 0.3) is 4.96 Å². The zero-order chi connectivity index (χ0) is 16.5. The van der Waals surface area contributed by atoms with Gasteiger partial charge in [0.25, 0.3) is 0 Å². The van der Waals surface area contributed by atoms with Crippen LogP contribution in [0.4, 0.5) is 10.9 Å². The topological polar surface area (TPSA) is 67.6 Å². The molecule has 0 saturated carbocycles. The molecular formula is C16H20N6OS. The lowest BCUT2D eigenvalue weighted by Gasteiger charge is -2.32. The van der Waals surface area contributed by atoms with E-state index >= 15 is 0 Å². The van der Waals surface area contributed by atoms with Crippen LogP contribution < -0.4 is 10.2 Å². The lowest BCUT2D eigenvalue weighted by atomic mass is 10.2. The summed E-state index contributed by atoms with van der Waals surface area (Å²) in [5, 5.41) is 8.67. The van der Waals surface area contributed by atoms with Crippen molar-refractivity contribution in [1.29, 1.82) is 0 Å². The number of aromatic nitrogens is 4. The van der Waals surface area contributed by atoms with Crippen LogP contribution >= 0.6 is 11.3 Å². The summed E-state index contributed by atoms with van der Waals surface area (Å²) >= 11 is 1.55. The van der Waals surface area contributed by atoms with E-state index in [1.165, 1.54) is 0 Å². The van der Waals surface area contributed by atoms with Gasteiger partial charge in [0.1, 0.15) is 5.82 Å². The highest BCUT2D eigenvalue weighted by molar-refractivity contribution is 7.20. The van der Waals surface area contributed by atoms with Gasteiger partial charge in [0.05, 0.1) is 24.6 Å². The highest BCUT2D eigenvalue weighted by atomic mass is 32.1. The van der Waals surface area contributed by atoms with Crippen molar-refractivity contribution in [3.63, 3.8) is 0 Å². The number of anilines is 2. The highest BCUT2D eigenvalue weighted by Crippen LogP contribution is 2.20. The molecule has 4 heterocycles. The molecule has 4 rings (SSSR count). The van der Waals surface area contributed by atoms with E-state index in [-0.39, 0.29) is 6.10 Å². The molecule has 3 aromatic rings. The Bertz CT molecular complexity index is 795. The third kappa shape index (κ3) is 3.20. The molecule has 126 valence electrons. The van der Waals surface area contributed by atoms with Gasteiger partial charge in [-0.2, -0.15) is 0 Å². The summed E-state index contributed by atoms with van der Waals surface area (Å²) in [6.45, 7) is 7.31. The maximum Gasteiger partial charge on any atom is 0.214 e. The predicted molar refractivity (Wildman–Crippen MR) is 94.8 cm³/mol. The van der Waals surface area contributed by atoms with Crippen LogP contribution in [0.3, 0.4) is 0 Å². The molecule has 0 amide bonds. The summed E-state index contributed by atoms with van der Waals surface area (Å²) in [4.78, 5) is 12.2. The van der Waals surface area contributed by atoms with E-state index in [9.17, 15) is 0 Å². The molecule has 1 atom stereocenters. The third-order valence-corrected chi connectivity index (χ3v) is 4.86. The SMILES string of the molecule is Cc1cn2nc(NCc3ccc(N4CCO[C@@H](C)C4)nc3)sc2n1. The number of nitrogens with zero attached hydrogens (tertiary/aromatic N) is 5. The summed E-state index contributed by atoms with van der Waals surface area (Å²) in [6.07, 6.45) is 4.11. The van der Waals surface area contributed by atoms with E-state index < -0.39 is 0 Å². The molecular weight excluding hydrogens is 324 g/mol. The molecule has 3 aromatic heterocycles. The molecule has 1 aliphatic rings. The first kappa shape index (κ1) is 15.3. The minimum absolute atomic E-state index is 0.259. The van der Waals surface area contributed by atoms with Crippen molar-refractivity contribution in [1.82, 2.24) is 19.6 Å². The zero-order valence-corrected chi connectivity index (χ0v) is 14.6. The number of imidazole rings is 1. The van der Waals surface area contributed by atoms with Gasteiger partial charge in [0.2, 0.25) is 10.1 Å². The Morgan fingerprint density at radius 3 is 3.08 bits per heavy atom. The van der Waals surface area contributed by atoms with Crippen LogP contribution in [0, 0.1) is 6.92 Å². The second kappa shape index (κ2) is 6.37. The van der Waals surface area contributed by atoms with E-state index in [1.54, 1.807) is 11.3 Å². The quantitative estimate of drug-likeness (QED) is 0.783. The molecule has 0 aromatic carbocycles. The second-order valence-corrected chi connectivity index (χ2v) is 6.98. The van der Waals surface area contributed by atoms with Gasteiger partial charge in [0.15, 0.2) is 0 Å². The van der Waals surface area contributed by atoms with E-state index in [0.717, 1.165) is 46.9 Å². The molecule has 1 N–H and O–H groups in total. The number of fused-ring (bicyclic) bond motifs is 1. The fraction of sp³-hybridized carbons (Fsp3) is 0.438. The van der Waals surface area contributed by atoms with Gasteiger partial charge in [-0.1, -0.05) is 17.4 Å². The van der Waals surface area contributed by atoms with Crippen molar-refractivity contribution < 1.29 is 4.74 Å². The van der Waals surface area contributed by atoms with Crippen molar-refractivity contribution in [2.45, 2.75) is 26.5 Å². The van der Waals surface area contributed by atoms with E-state index in [2.05, 4.69) is 44.3 Å². The Labute approximate surface area is 144 Å². The van der Waals surface area contributed by atoms with Crippen molar-refractivity contribution in [3.05, 3.63) is 35.8 Å². The molecule has 1 aliphatic heterocycles. The van der Waals surface area contributed by atoms with E-state index in [4.69, 9.17) is 4.74 Å². The summed E-state index contributed by atoms with van der Waals surface area (Å²) < 4.78 is 7.38. The van der Waals surface area contributed by atoms with Crippen molar-refractivity contribution >= 4 is 27.2 Å².